The average Bonchev–Trinajstić information content (AvgIpc) is 2.59. The maximum Gasteiger partial charge on any atom is 0.253 e. The molecule has 1 atom stereocenters. The lowest BCUT2D eigenvalue weighted by Gasteiger charge is -2.26. The van der Waals surface area contributed by atoms with Gasteiger partial charge in [0.25, 0.3) is 5.91 Å². The van der Waals surface area contributed by atoms with Crippen LogP contribution in [0.3, 0.4) is 0 Å². The standard InChI is InChI=1S/C18H25BrN2O2S/c1-24-12-11-16(18(23)20-13-7-3-2-4-8-13)21-17(22)14-9-5-6-10-15(14)19/h5-6,9-10,13,16H,2-4,7-8,11-12H2,1H3,(H,20,23)(H,21,22). The minimum Gasteiger partial charge on any atom is -0.352 e. The van der Waals surface area contributed by atoms with E-state index in [0.29, 0.717) is 12.0 Å². The van der Waals surface area contributed by atoms with Gasteiger partial charge in [0.05, 0.1) is 5.56 Å². The summed E-state index contributed by atoms with van der Waals surface area (Å²) in [5.74, 6) is 0.558. The highest BCUT2D eigenvalue weighted by molar-refractivity contribution is 9.10. The highest BCUT2D eigenvalue weighted by atomic mass is 79.9. The summed E-state index contributed by atoms with van der Waals surface area (Å²) in [5.41, 5.74) is 0.553. The van der Waals surface area contributed by atoms with Gasteiger partial charge in [0.1, 0.15) is 6.04 Å². The molecule has 0 aromatic heterocycles. The summed E-state index contributed by atoms with van der Waals surface area (Å²) in [7, 11) is 0. The quantitative estimate of drug-likeness (QED) is 0.716. The predicted octanol–water partition coefficient (Wildman–Crippen LogP) is 3.75. The lowest BCUT2D eigenvalue weighted by Crippen LogP contribution is -2.50. The van der Waals surface area contributed by atoms with E-state index in [0.717, 1.165) is 23.1 Å². The van der Waals surface area contributed by atoms with Crippen LogP contribution in [0.1, 0.15) is 48.9 Å². The van der Waals surface area contributed by atoms with Crippen molar-refractivity contribution in [3.05, 3.63) is 34.3 Å². The number of benzene rings is 1. The smallest absolute Gasteiger partial charge is 0.253 e. The molecule has 1 unspecified atom stereocenters. The molecule has 0 spiro atoms. The van der Waals surface area contributed by atoms with Crippen LogP contribution in [0.4, 0.5) is 0 Å². The number of rotatable bonds is 7. The molecule has 132 valence electrons. The number of hydrogen-bond donors (Lipinski definition) is 2. The first-order valence-electron chi connectivity index (χ1n) is 8.46. The van der Waals surface area contributed by atoms with Gasteiger partial charge in [-0.1, -0.05) is 31.4 Å². The van der Waals surface area contributed by atoms with Crippen LogP contribution in [0.15, 0.2) is 28.7 Å². The molecule has 2 rings (SSSR count). The van der Waals surface area contributed by atoms with E-state index in [1.165, 1.54) is 19.3 Å². The van der Waals surface area contributed by atoms with E-state index < -0.39 is 6.04 Å². The van der Waals surface area contributed by atoms with Crippen LogP contribution < -0.4 is 10.6 Å². The fraction of sp³-hybridized carbons (Fsp3) is 0.556. The molecule has 0 bridgehead atoms. The van der Waals surface area contributed by atoms with Gasteiger partial charge in [-0.2, -0.15) is 11.8 Å². The highest BCUT2D eigenvalue weighted by Crippen LogP contribution is 2.18. The Morgan fingerprint density at radius 2 is 1.96 bits per heavy atom. The van der Waals surface area contributed by atoms with Gasteiger partial charge in [-0.15, -0.1) is 0 Å². The summed E-state index contributed by atoms with van der Waals surface area (Å²) < 4.78 is 0.735. The predicted molar refractivity (Wildman–Crippen MR) is 103 cm³/mol. The Labute approximate surface area is 156 Å². The molecule has 2 N–H and O–H groups in total. The van der Waals surface area contributed by atoms with Gasteiger partial charge in [0, 0.05) is 10.5 Å². The fourth-order valence-electron chi connectivity index (χ4n) is 2.93. The molecule has 1 fully saturated rings. The Morgan fingerprint density at radius 1 is 1.25 bits per heavy atom. The monoisotopic (exact) mass is 412 g/mol. The van der Waals surface area contributed by atoms with Gasteiger partial charge in [0.15, 0.2) is 0 Å². The molecule has 1 aromatic rings. The van der Waals surface area contributed by atoms with Crippen molar-refractivity contribution in [3.8, 4) is 0 Å². The minimum atomic E-state index is -0.487. The average molecular weight is 413 g/mol. The van der Waals surface area contributed by atoms with E-state index in [9.17, 15) is 9.59 Å². The Morgan fingerprint density at radius 3 is 2.62 bits per heavy atom. The minimum absolute atomic E-state index is 0.0589. The first-order chi connectivity index (χ1) is 11.6. The summed E-state index contributed by atoms with van der Waals surface area (Å²) in [5, 5.41) is 6.03. The molecule has 0 heterocycles. The maximum absolute atomic E-state index is 12.6. The lowest BCUT2D eigenvalue weighted by molar-refractivity contribution is -0.123. The third-order valence-corrected chi connectivity index (χ3v) is 5.64. The van der Waals surface area contributed by atoms with Crippen molar-refractivity contribution in [2.24, 2.45) is 0 Å². The summed E-state index contributed by atoms with van der Waals surface area (Å²) in [6.07, 6.45) is 8.31. The van der Waals surface area contributed by atoms with Crippen LogP contribution in [0.2, 0.25) is 0 Å². The number of amides is 2. The van der Waals surface area contributed by atoms with E-state index in [1.54, 1.807) is 17.8 Å². The van der Waals surface area contributed by atoms with Gasteiger partial charge < -0.3 is 10.6 Å². The van der Waals surface area contributed by atoms with E-state index in [2.05, 4.69) is 26.6 Å². The maximum atomic E-state index is 12.6. The van der Waals surface area contributed by atoms with E-state index in [-0.39, 0.29) is 17.9 Å². The second-order valence-electron chi connectivity index (χ2n) is 6.13. The molecule has 4 nitrogen and oxygen atoms in total. The normalized spacial score (nSPS) is 16.4. The third kappa shape index (κ3) is 5.81. The van der Waals surface area contributed by atoms with Crippen molar-refractivity contribution >= 4 is 39.5 Å². The van der Waals surface area contributed by atoms with Crippen LogP contribution in [-0.4, -0.2) is 35.9 Å². The van der Waals surface area contributed by atoms with Crippen molar-refractivity contribution in [1.29, 1.82) is 0 Å². The van der Waals surface area contributed by atoms with Crippen molar-refractivity contribution in [2.75, 3.05) is 12.0 Å². The Hall–Kier alpha value is -1.01. The van der Waals surface area contributed by atoms with E-state index in [4.69, 9.17) is 0 Å². The topological polar surface area (TPSA) is 58.2 Å². The zero-order chi connectivity index (χ0) is 17.4. The molecule has 24 heavy (non-hydrogen) atoms. The lowest BCUT2D eigenvalue weighted by atomic mass is 9.95. The van der Waals surface area contributed by atoms with E-state index in [1.807, 2.05) is 24.5 Å². The van der Waals surface area contributed by atoms with Crippen LogP contribution in [0.5, 0.6) is 0 Å². The molecular weight excluding hydrogens is 388 g/mol. The summed E-state index contributed by atoms with van der Waals surface area (Å²) in [6.45, 7) is 0. The van der Waals surface area contributed by atoms with Crippen LogP contribution >= 0.6 is 27.7 Å². The number of halogens is 1. The number of carbonyl (C=O) groups is 2. The molecule has 0 saturated heterocycles. The number of thioether (sulfide) groups is 1. The molecule has 0 radical (unpaired) electrons. The largest absolute Gasteiger partial charge is 0.352 e. The Kier molecular flexibility index (Phi) is 8.12. The molecule has 1 saturated carbocycles. The fourth-order valence-corrected chi connectivity index (χ4v) is 3.87. The van der Waals surface area contributed by atoms with Crippen molar-refractivity contribution < 1.29 is 9.59 Å². The van der Waals surface area contributed by atoms with Gasteiger partial charge in [-0.25, -0.2) is 0 Å². The first kappa shape index (κ1) is 19.3. The third-order valence-electron chi connectivity index (χ3n) is 4.30. The van der Waals surface area contributed by atoms with Crippen LogP contribution in [0, 0.1) is 0 Å². The zero-order valence-electron chi connectivity index (χ0n) is 14.0. The van der Waals surface area contributed by atoms with Crippen LogP contribution in [-0.2, 0) is 4.79 Å². The van der Waals surface area contributed by atoms with Gasteiger partial charge >= 0.3 is 0 Å². The zero-order valence-corrected chi connectivity index (χ0v) is 16.4. The van der Waals surface area contributed by atoms with E-state index >= 15 is 0 Å². The molecule has 1 aliphatic carbocycles. The SMILES string of the molecule is CSCCC(NC(=O)c1ccccc1Br)C(=O)NC1CCCCC1. The molecule has 0 aliphatic heterocycles. The Bertz CT molecular complexity index is 562. The van der Waals surface area contributed by atoms with Gasteiger partial charge in [-0.05, 0) is 59.3 Å². The van der Waals surface area contributed by atoms with Crippen molar-refractivity contribution in [3.63, 3.8) is 0 Å². The summed E-state index contributed by atoms with van der Waals surface area (Å²) in [6, 6.07) is 7.03. The second-order valence-corrected chi connectivity index (χ2v) is 7.97. The van der Waals surface area contributed by atoms with Crippen molar-refractivity contribution in [2.45, 2.75) is 50.6 Å². The number of nitrogens with one attached hydrogen (secondary N) is 2. The molecule has 1 aliphatic rings. The number of carbonyl (C=O) groups excluding carboxylic acids is 2. The molecular formula is C18H25BrN2O2S. The number of hydrogen-bond acceptors (Lipinski definition) is 3. The molecule has 1 aromatic carbocycles. The molecule has 6 heteroatoms. The highest BCUT2D eigenvalue weighted by Gasteiger charge is 2.24. The molecule has 2 amide bonds. The van der Waals surface area contributed by atoms with Gasteiger partial charge in [-0.3, -0.25) is 9.59 Å². The van der Waals surface area contributed by atoms with Gasteiger partial charge in [0.2, 0.25) is 5.91 Å². The van der Waals surface area contributed by atoms with Crippen LogP contribution in [0.25, 0.3) is 0 Å². The second kappa shape index (κ2) is 10.1. The summed E-state index contributed by atoms with van der Waals surface area (Å²) >= 11 is 5.07. The first-order valence-corrected chi connectivity index (χ1v) is 10.6. The summed E-state index contributed by atoms with van der Waals surface area (Å²) in [4.78, 5) is 25.1. The van der Waals surface area contributed by atoms with Crippen molar-refractivity contribution in [1.82, 2.24) is 10.6 Å². The Balaban J connectivity index is 1.99.